The summed E-state index contributed by atoms with van der Waals surface area (Å²) in [6.07, 6.45) is 2.74. The second kappa shape index (κ2) is 6.10. The highest BCUT2D eigenvalue weighted by molar-refractivity contribution is 5.84. The minimum absolute atomic E-state index is 0.0570. The van der Waals surface area contributed by atoms with Crippen molar-refractivity contribution in [1.29, 1.82) is 0 Å². The fourth-order valence-electron chi connectivity index (χ4n) is 1.83. The largest absolute Gasteiger partial charge is 0.476 e. The first-order chi connectivity index (χ1) is 9.60. The van der Waals surface area contributed by atoms with E-state index in [0.717, 1.165) is 17.9 Å². The summed E-state index contributed by atoms with van der Waals surface area (Å²) in [6, 6.07) is 5.86. The van der Waals surface area contributed by atoms with Crippen LogP contribution in [-0.4, -0.2) is 32.6 Å². The molecule has 1 N–H and O–H groups in total. The number of carbonyl (C=O) groups is 1. The maximum absolute atomic E-state index is 10.8. The molecule has 0 aromatic carbocycles. The summed E-state index contributed by atoms with van der Waals surface area (Å²) in [5.74, 6) is -0.437. The Morgan fingerprint density at radius 2 is 2.10 bits per heavy atom. The summed E-state index contributed by atoms with van der Waals surface area (Å²) in [4.78, 5) is 25.2. The van der Waals surface area contributed by atoms with Gasteiger partial charge in [-0.05, 0) is 26.0 Å². The van der Waals surface area contributed by atoms with Gasteiger partial charge in [0.2, 0.25) is 0 Å². The zero-order valence-electron chi connectivity index (χ0n) is 11.4. The lowest BCUT2D eigenvalue weighted by molar-refractivity contribution is 0.0690. The van der Waals surface area contributed by atoms with Crippen LogP contribution >= 0.6 is 0 Å². The van der Waals surface area contributed by atoms with E-state index in [1.54, 1.807) is 0 Å². The van der Waals surface area contributed by atoms with Gasteiger partial charge < -0.3 is 10.0 Å². The number of rotatable bonds is 5. The van der Waals surface area contributed by atoms with Gasteiger partial charge in [-0.2, -0.15) is 0 Å². The molecule has 6 heteroatoms. The van der Waals surface area contributed by atoms with E-state index >= 15 is 0 Å². The molecule has 0 unspecified atom stereocenters. The zero-order chi connectivity index (χ0) is 14.5. The Balaban J connectivity index is 2.17. The molecule has 0 bridgehead atoms. The molecule has 0 saturated heterocycles. The minimum atomic E-state index is -1.08. The van der Waals surface area contributed by atoms with Crippen LogP contribution in [0.25, 0.3) is 0 Å². The van der Waals surface area contributed by atoms with Crippen LogP contribution in [0, 0.1) is 6.92 Å². The fourth-order valence-corrected chi connectivity index (χ4v) is 1.83. The van der Waals surface area contributed by atoms with E-state index in [1.165, 1.54) is 12.4 Å². The number of aromatic carboxylic acids is 1. The monoisotopic (exact) mass is 272 g/mol. The van der Waals surface area contributed by atoms with Crippen molar-refractivity contribution in [2.75, 3.05) is 11.4 Å². The average Bonchev–Trinajstić information content (AvgIpc) is 2.45. The maximum Gasteiger partial charge on any atom is 0.356 e. The molecule has 2 rings (SSSR count). The van der Waals surface area contributed by atoms with E-state index < -0.39 is 5.97 Å². The van der Waals surface area contributed by atoms with Gasteiger partial charge in [0, 0.05) is 12.2 Å². The third kappa shape index (κ3) is 3.28. The number of nitrogens with zero attached hydrogens (tertiary/aromatic N) is 4. The highest BCUT2D eigenvalue weighted by Gasteiger charge is 2.10. The highest BCUT2D eigenvalue weighted by atomic mass is 16.4. The SMILES string of the molecule is CCN(Cc1cccc(C)n1)c1cnc(C(=O)O)cn1. The summed E-state index contributed by atoms with van der Waals surface area (Å²) in [7, 11) is 0. The number of aryl methyl sites for hydroxylation is 1. The number of hydrogen-bond donors (Lipinski definition) is 1. The van der Waals surface area contributed by atoms with Crippen LogP contribution in [0.15, 0.2) is 30.6 Å². The van der Waals surface area contributed by atoms with Gasteiger partial charge in [0.15, 0.2) is 5.69 Å². The molecule has 0 atom stereocenters. The van der Waals surface area contributed by atoms with E-state index in [-0.39, 0.29) is 5.69 Å². The van der Waals surface area contributed by atoms with Crippen molar-refractivity contribution in [3.63, 3.8) is 0 Å². The summed E-state index contributed by atoms with van der Waals surface area (Å²) in [5, 5.41) is 8.81. The van der Waals surface area contributed by atoms with Crippen LogP contribution in [-0.2, 0) is 6.54 Å². The topological polar surface area (TPSA) is 79.2 Å². The predicted octanol–water partition coefficient (Wildman–Crippen LogP) is 1.90. The molecular weight excluding hydrogens is 256 g/mol. The van der Waals surface area contributed by atoms with E-state index in [2.05, 4.69) is 15.0 Å². The molecular formula is C14H16N4O2. The van der Waals surface area contributed by atoms with Crippen LogP contribution < -0.4 is 4.90 Å². The molecule has 104 valence electrons. The van der Waals surface area contributed by atoms with Crippen LogP contribution in [0.3, 0.4) is 0 Å². The first-order valence-corrected chi connectivity index (χ1v) is 6.33. The Morgan fingerprint density at radius 1 is 1.30 bits per heavy atom. The molecule has 2 aromatic rings. The van der Waals surface area contributed by atoms with Gasteiger partial charge in [-0.3, -0.25) is 4.98 Å². The summed E-state index contributed by atoms with van der Waals surface area (Å²) in [5.41, 5.74) is 1.85. The Hall–Kier alpha value is -2.50. The van der Waals surface area contributed by atoms with Crippen molar-refractivity contribution in [2.45, 2.75) is 20.4 Å². The lowest BCUT2D eigenvalue weighted by atomic mass is 10.3. The van der Waals surface area contributed by atoms with Crippen LogP contribution in [0.1, 0.15) is 28.8 Å². The minimum Gasteiger partial charge on any atom is -0.476 e. The summed E-state index contributed by atoms with van der Waals surface area (Å²) < 4.78 is 0. The van der Waals surface area contributed by atoms with Crippen molar-refractivity contribution >= 4 is 11.8 Å². The van der Waals surface area contributed by atoms with Crippen LogP contribution in [0.5, 0.6) is 0 Å². The second-order valence-electron chi connectivity index (χ2n) is 4.35. The highest BCUT2D eigenvalue weighted by Crippen LogP contribution is 2.12. The molecule has 2 heterocycles. The van der Waals surface area contributed by atoms with E-state index in [9.17, 15) is 4.79 Å². The summed E-state index contributed by atoms with van der Waals surface area (Å²) >= 11 is 0. The molecule has 20 heavy (non-hydrogen) atoms. The number of anilines is 1. The van der Waals surface area contributed by atoms with Crippen molar-refractivity contribution in [1.82, 2.24) is 15.0 Å². The lowest BCUT2D eigenvalue weighted by Crippen LogP contribution is -2.24. The van der Waals surface area contributed by atoms with Gasteiger partial charge in [0.05, 0.1) is 24.6 Å². The van der Waals surface area contributed by atoms with Crippen molar-refractivity contribution in [3.05, 3.63) is 47.7 Å². The summed E-state index contributed by atoms with van der Waals surface area (Å²) in [6.45, 7) is 5.29. The van der Waals surface area contributed by atoms with Gasteiger partial charge in [-0.25, -0.2) is 14.8 Å². The second-order valence-corrected chi connectivity index (χ2v) is 4.35. The van der Waals surface area contributed by atoms with Crippen molar-refractivity contribution < 1.29 is 9.90 Å². The molecule has 0 aliphatic heterocycles. The molecule has 0 saturated carbocycles. The molecule has 0 amide bonds. The molecule has 0 aliphatic carbocycles. The van der Waals surface area contributed by atoms with Crippen molar-refractivity contribution in [2.24, 2.45) is 0 Å². The predicted molar refractivity (Wildman–Crippen MR) is 74.7 cm³/mol. The molecule has 0 radical (unpaired) electrons. The fraction of sp³-hybridized carbons (Fsp3) is 0.286. The van der Waals surface area contributed by atoms with E-state index in [0.29, 0.717) is 12.4 Å². The third-order valence-corrected chi connectivity index (χ3v) is 2.86. The van der Waals surface area contributed by atoms with Gasteiger partial charge in [0.1, 0.15) is 5.82 Å². The Morgan fingerprint density at radius 3 is 2.65 bits per heavy atom. The first-order valence-electron chi connectivity index (χ1n) is 6.33. The number of pyridine rings is 1. The number of hydrogen-bond acceptors (Lipinski definition) is 5. The normalized spacial score (nSPS) is 10.3. The molecule has 0 fully saturated rings. The van der Waals surface area contributed by atoms with Gasteiger partial charge >= 0.3 is 5.97 Å². The number of carboxylic acid groups (broad SMARTS) is 1. The standard InChI is InChI=1S/C14H16N4O2/c1-3-18(9-11-6-4-5-10(2)17-11)13-8-15-12(7-16-13)14(19)20/h4-8H,3,9H2,1-2H3,(H,19,20). The molecule has 2 aromatic heterocycles. The van der Waals surface area contributed by atoms with Crippen LogP contribution in [0.2, 0.25) is 0 Å². The quantitative estimate of drug-likeness (QED) is 0.895. The van der Waals surface area contributed by atoms with Gasteiger partial charge in [-0.15, -0.1) is 0 Å². The van der Waals surface area contributed by atoms with E-state index in [1.807, 2.05) is 36.9 Å². The Kier molecular flexibility index (Phi) is 4.24. The van der Waals surface area contributed by atoms with E-state index in [4.69, 9.17) is 5.11 Å². The maximum atomic E-state index is 10.8. The zero-order valence-corrected chi connectivity index (χ0v) is 11.4. The Labute approximate surface area is 117 Å². The number of carboxylic acids is 1. The first kappa shape index (κ1) is 13.9. The smallest absolute Gasteiger partial charge is 0.356 e. The molecule has 0 aliphatic rings. The lowest BCUT2D eigenvalue weighted by Gasteiger charge is -2.21. The van der Waals surface area contributed by atoms with Crippen LogP contribution in [0.4, 0.5) is 5.82 Å². The molecule has 0 spiro atoms. The third-order valence-electron chi connectivity index (χ3n) is 2.86. The Bertz CT molecular complexity index is 598. The van der Waals surface area contributed by atoms with Gasteiger partial charge in [-0.1, -0.05) is 6.07 Å². The molecule has 6 nitrogen and oxygen atoms in total. The van der Waals surface area contributed by atoms with Crippen molar-refractivity contribution in [3.8, 4) is 0 Å². The van der Waals surface area contributed by atoms with Gasteiger partial charge in [0.25, 0.3) is 0 Å². The average molecular weight is 272 g/mol. The number of aromatic nitrogens is 3.